The minimum absolute atomic E-state index is 0.0545. The number of hydrogen-bond acceptors (Lipinski definition) is 3. The maximum Gasteiger partial charge on any atom is 0.414 e. The molecule has 0 bridgehead atoms. The molecule has 0 aliphatic carbocycles. The maximum absolute atomic E-state index is 12.0. The van der Waals surface area contributed by atoms with Crippen molar-refractivity contribution in [2.45, 2.75) is 18.9 Å². The van der Waals surface area contributed by atoms with E-state index in [1.807, 2.05) is 30.3 Å². The first-order valence-electron chi connectivity index (χ1n) is 8.16. The summed E-state index contributed by atoms with van der Waals surface area (Å²) in [5.74, 6) is -0.0545. The molecule has 1 atom stereocenters. The highest BCUT2D eigenvalue weighted by Gasteiger charge is 2.32. The number of nitrogens with one attached hydrogen (secondary N) is 1. The highest BCUT2D eigenvalue weighted by molar-refractivity contribution is 6.30. The van der Waals surface area contributed by atoms with Crippen molar-refractivity contribution in [2.24, 2.45) is 0 Å². The summed E-state index contributed by atoms with van der Waals surface area (Å²) in [5, 5.41) is 3.39. The molecule has 1 saturated heterocycles. The van der Waals surface area contributed by atoms with Crippen molar-refractivity contribution in [1.29, 1.82) is 0 Å². The smallest absolute Gasteiger partial charge is 0.414 e. The Labute approximate surface area is 151 Å². The summed E-state index contributed by atoms with van der Waals surface area (Å²) in [5.41, 5.74) is 1.81. The number of amides is 2. The quantitative estimate of drug-likeness (QED) is 0.860. The van der Waals surface area contributed by atoms with Crippen molar-refractivity contribution in [1.82, 2.24) is 5.32 Å². The number of carbonyl (C=O) groups excluding carboxylic acids is 2. The van der Waals surface area contributed by atoms with Gasteiger partial charge in [-0.15, -0.1) is 0 Å². The Morgan fingerprint density at radius 2 is 2.00 bits per heavy atom. The number of hydrogen-bond donors (Lipinski definition) is 1. The third-order valence-electron chi connectivity index (χ3n) is 4.00. The zero-order valence-electron chi connectivity index (χ0n) is 13.7. The Kier molecular flexibility index (Phi) is 5.56. The molecule has 2 amide bonds. The summed E-state index contributed by atoms with van der Waals surface area (Å²) in [7, 11) is 0. The Morgan fingerprint density at radius 3 is 2.76 bits per heavy atom. The van der Waals surface area contributed by atoms with Crippen LogP contribution in [0.3, 0.4) is 0 Å². The van der Waals surface area contributed by atoms with Crippen LogP contribution in [-0.4, -0.2) is 31.2 Å². The van der Waals surface area contributed by atoms with Gasteiger partial charge in [0.2, 0.25) is 5.91 Å². The van der Waals surface area contributed by atoms with Crippen molar-refractivity contribution in [3.63, 3.8) is 0 Å². The zero-order chi connectivity index (χ0) is 17.6. The standard InChI is InChI=1S/C19H19ClN2O3/c20-15-7-4-8-16(11-15)22-13-17(25-19(22)24)12-21-18(23)10-9-14-5-2-1-3-6-14/h1-8,11,17H,9-10,12-13H2,(H,21,23). The molecule has 6 heteroatoms. The summed E-state index contributed by atoms with van der Waals surface area (Å²) in [6, 6.07) is 16.9. The highest BCUT2D eigenvalue weighted by Crippen LogP contribution is 2.24. The lowest BCUT2D eigenvalue weighted by Crippen LogP contribution is -2.34. The van der Waals surface area contributed by atoms with Crippen LogP contribution in [0.15, 0.2) is 54.6 Å². The molecule has 2 aromatic carbocycles. The largest absolute Gasteiger partial charge is 0.442 e. The highest BCUT2D eigenvalue weighted by atomic mass is 35.5. The van der Waals surface area contributed by atoms with E-state index in [1.54, 1.807) is 24.3 Å². The van der Waals surface area contributed by atoms with Crippen molar-refractivity contribution in [3.8, 4) is 0 Å². The van der Waals surface area contributed by atoms with E-state index in [9.17, 15) is 9.59 Å². The van der Waals surface area contributed by atoms with Gasteiger partial charge >= 0.3 is 6.09 Å². The van der Waals surface area contributed by atoms with Gasteiger partial charge in [-0.2, -0.15) is 0 Å². The number of aryl methyl sites for hydroxylation is 1. The second-order valence-electron chi connectivity index (χ2n) is 5.89. The molecular formula is C19H19ClN2O3. The maximum atomic E-state index is 12.0. The Morgan fingerprint density at radius 1 is 1.20 bits per heavy atom. The molecular weight excluding hydrogens is 340 g/mol. The topological polar surface area (TPSA) is 58.6 Å². The van der Waals surface area contributed by atoms with E-state index in [0.29, 0.717) is 36.6 Å². The van der Waals surface area contributed by atoms with E-state index in [2.05, 4.69) is 5.32 Å². The fraction of sp³-hybridized carbons (Fsp3) is 0.263. The molecule has 0 spiro atoms. The predicted molar refractivity (Wildman–Crippen MR) is 96.8 cm³/mol. The van der Waals surface area contributed by atoms with Gasteiger partial charge < -0.3 is 10.1 Å². The monoisotopic (exact) mass is 358 g/mol. The number of carbonyl (C=O) groups is 2. The van der Waals surface area contributed by atoms with Gasteiger partial charge in [0.15, 0.2) is 0 Å². The van der Waals surface area contributed by atoms with E-state index in [0.717, 1.165) is 5.56 Å². The lowest BCUT2D eigenvalue weighted by Gasteiger charge is -2.13. The lowest BCUT2D eigenvalue weighted by molar-refractivity contribution is -0.121. The van der Waals surface area contributed by atoms with E-state index in [-0.39, 0.29) is 12.0 Å². The van der Waals surface area contributed by atoms with Crippen LogP contribution in [0, 0.1) is 0 Å². The fourth-order valence-corrected chi connectivity index (χ4v) is 2.89. The Bertz CT molecular complexity index is 751. The van der Waals surface area contributed by atoms with Crippen LogP contribution in [-0.2, 0) is 16.0 Å². The van der Waals surface area contributed by atoms with E-state index >= 15 is 0 Å². The number of cyclic esters (lactones) is 1. The molecule has 0 saturated carbocycles. The average molecular weight is 359 g/mol. The SMILES string of the molecule is O=C(CCc1ccccc1)NCC1CN(c2cccc(Cl)c2)C(=O)O1. The number of rotatable bonds is 6. The molecule has 1 unspecified atom stereocenters. The van der Waals surface area contributed by atoms with Gasteiger partial charge in [-0.05, 0) is 30.2 Å². The van der Waals surface area contributed by atoms with Crippen LogP contribution < -0.4 is 10.2 Å². The van der Waals surface area contributed by atoms with Crippen LogP contribution in [0.2, 0.25) is 5.02 Å². The first-order valence-corrected chi connectivity index (χ1v) is 8.54. The van der Waals surface area contributed by atoms with Crippen LogP contribution >= 0.6 is 11.6 Å². The summed E-state index contributed by atoms with van der Waals surface area (Å²) in [6.07, 6.45) is 0.298. The van der Waals surface area contributed by atoms with Crippen LogP contribution in [0.5, 0.6) is 0 Å². The molecule has 1 heterocycles. The summed E-state index contributed by atoms with van der Waals surface area (Å²) >= 11 is 5.96. The Balaban J connectivity index is 1.46. The molecule has 0 aromatic heterocycles. The van der Waals surface area contributed by atoms with Crippen LogP contribution in [0.1, 0.15) is 12.0 Å². The van der Waals surface area contributed by atoms with Crippen molar-refractivity contribution >= 4 is 29.3 Å². The van der Waals surface area contributed by atoms with E-state index < -0.39 is 6.09 Å². The van der Waals surface area contributed by atoms with Crippen molar-refractivity contribution < 1.29 is 14.3 Å². The van der Waals surface area contributed by atoms with Gasteiger partial charge in [-0.1, -0.05) is 48.0 Å². The molecule has 2 aromatic rings. The summed E-state index contributed by atoms with van der Waals surface area (Å²) < 4.78 is 5.31. The molecule has 1 fully saturated rings. The minimum atomic E-state index is -0.425. The van der Waals surface area contributed by atoms with Gasteiger partial charge in [-0.3, -0.25) is 9.69 Å². The second kappa shape index (κ2) is 8.03. The first kappa shape index (κ1) is 17.3. The lowest BCUT2D eigenvalue weighted by atomic mass is 10.1. The van der Waals surface area contributed by atoms with Gasteiger partial charge in [0, 0.05) is 17.1 Å². The zero-order valence-corrected chi connectivity index (χ0v) is 14.4. The molecule has 25 heavy (non-hydrogen) atoms. The summed E-state index contributed by atoms with van der Waals surface area (Å²) in [4.78, 5) is 25.5. The van der Waals surface area contributed by atoms with Crippen LogP contribution in [0.4, 0.5) is 10.5 Å². The first-order chi connectivity index (χ1) is 12.1. The number of halogens is 1. The number of anilines is 1. The van der Waals surface area contributed by atoms with Crippen molar-refractivity contribution in [2.75, 3.05) is 18.0 Å². The molecule has 0 radical (unpaired) electrons. The molecule has 5 nitrogen and oxygen atoms in total. The van der Waals surface area contributed by atoms with Gasteiger partial charge in [-0.25, -0.2) is 4.79 Å². The van der Waals surface area contributed by atoms with Crippen molar-refractivity contribution in [3.05, 3.63) is 65.2 Å². The molecule has 3 rings (SSSR count). The average Bonchev–Trinajstić information content (AvgIpc) is 3.00. The normalized spacial score (nSPS) is 16.6. The second-order valence-corrected chi connectivity index (χ2v) is 6.32. The number of benzene rings is 2. The third kappa shape index (κ3) is 4.73. The predicted octanol–water partition coefficient (Wildman–Crippen LogP) is 3.41. The number of nitrogens with zero attached hydrogens (tertiary/aromatic N) is 1. The van der Waals surface area contributed by atoms with Gasteiger partial charge in [0.05, 0.1) is 13.1 Å². The molecule has 1 aliphatic rings. The third-order valence-corrected chi connectivity index (χ3v) is 4.24. The minimum Gasteiger partial charge on any atom is -0.442 e. The van der Waals surface area contributed by atoms with Crippen LogP contribution in [0.25, 0.3) is 0 Å². The fourth-order valence-electron chi connectivity index (χ4n) is 2.70. The Hall–Kier alpha value is -2.53. The molecule has 1 N–H and O–H groups in total. The molecule has 1 aliphatic heterocycles. The van der Waals surface area contributed by atoms with E-state index in [1.165, 1.54) is 4.90 Å². The molecule has 130 valence electrons. The van der Waals surface area contributed by atoms with E-state index in [4.69, 9.17) is 16.3 Å². The summed E-state index contributed by atoms with van der Waals surface area (Å²) in [6.45, 7) is 0.689. The number of ether oxygens (including phenoxy) is 1. The van der Waals surface area contributed by atoms with Gasteiger partial charge in [0.25, 0.3) is 0 Å². The van der Waals surface area contributed by atoms with Gasteiger partial charge in [0.1, 0.15) is 6.10 Å².